The molecule has 0 bridgehead atoms. The summed E-state index contributed by atoms with van der Waals surface area (Å²) in [5.41, 5.74) is 0. The van der Waals surface area contributed by atoms with Gasteiger partial charge in [-0.25, -0.2) is 0 Å². The summed E-state index contributed by atoms with van der Waals surface area (Å²) in [6, 6.07) is 0.723. The Kier molecular flexibility index (Phi) is 7.36. The van der Waals surface area contributed by atoms with Crippen LogP contribution in [0.2, 0.25) is 0 Å². The standard InChI is InChI=1S/C14H29NOS/c1-4-5-13-6-8-14(9-7-13)15-11-10-12(2)17(3)16/h12-15H,4-11H2,1-3H3. The largest absolute Gasteiger partial charge is 0.314 e. The van der Waals surface area contributed by atoms with E-state index in [2.05, 4.69) is 19.2 Å². The van der Waals surface area contributed by atoms with Crippen molar-refractivity contribution in [3.05, 3.63) is 0 Å². The fourth-order valence-electron chi connectivity index (χ4n) is 2.72. The second-order valence-electron chi connectivity index (χ2n) is 5.56. The number of hydrogen-bond donors (Lipinski definition) is 1. The highest BCUT2D eigenvalue weighted by molar-refractivity contribution is 7.84. The smallest absolute Gasteiger partial charge is 0.0329 e. The van der Waals surface area contributed by atoms with Gasteiger partial charge in [-0.1, -0.05) is 26.7 Å². The summed E-state index contributed by atoms with van der Waals surface area (Å²) in [7, 11) is -0.665. The fraction of sp³-hybridized carbons (Fsp3) is 1.00. The molecule has 1 aliphatic carbocycles. The van der Waals surface area contributed by atoms with Crippen molar-refractivity contribution in [2.24, 2.45) is 5.92 Å². The van der Waals surface area contributed by atoms with E-state index in [1.165, 1.54) is 38.5 Å². The third-order valence-electron chi connectivity index (χ3n) is 4.09. The minimum absolute atomic E-state index is 0.332. The van der Waals surface area contributed by atoms with Crippen LogP contribution >= 0.6 is 0 Å². The Bertz CT molecular complexity index is 224. The molecule has 0 radical (unpaired) electrons. The molecule has 0 heterocycles. The van der Waals surface area contributed by atoms with Crippen molar-refractivity contribution in [2.75, 3.05) is 12.8 Å². The first-order valence-electron chi connectivity index (χ1n) is 7.19. The third-order valence-corrected chi connectivity index (χ3v) is 5.46. The molecule has 17 heavy (non-hydrogen) atoms. The molecule has 102 valence electrons. The second kappa shape index (κ2) is 8.25. The molecule has 0 spiro atoms. The van der Waals surface area contributed by atoms with Gasteiger partial charge >= 0.3 is 0 Å². The van der Waals surface area contributed by atoms with E-state index in [0.717, 1.165) is 24.9 Å². The molecule has 1 aliphatic rings. The summed E-state index contributed by atoms with van der Waals surface area (Å²) in [6.07, 6.45) is 11.1. The molecule has 2 atom stereocenters. The van der Waals surface area contributed by atoms with Crippen molar-refractivity contribution in [2.45, 2.75) is 70.1 Å². The molecule has 0 aromatic rings. The molecule has 0 aromatic heterocycles. The highest BCUT2D eigenvalue weighted by atomic mass is 32.2. The van der Waals surface area contributed by atoms with Gasteiger partial charge in [-0.15, -0.1) is 0 Å². The van der Waals surface area contributed by atoms with Crippen molar-refractivity contribution in [1.29, 1.82) is 0 Å². The first-order valence-corrected chi connectivity index (χ1v) is 8.81. The molecule has 3 heteroatoms. The third kappa shape index (κ3) is 6.01. The van der Waals surface area contributed by atoms with Gasteiger partial charge in [0.05, 0.1) is 0 Å². The molecule has 1 fully saturated rings. The van der Waals surface area contributed by atoms with E-state index in [1.807, 2.05) is 0 Å². The van der Waals surface area contributed by atoms with E-state index >= 15 is 0 Å². The van der Waals surface area contributed by atoms with Gasteiger partial charge in [-0.3, -0.25) is 4.21 Å². The highest BCUT2D eigenvalue weighted by Crippen LogP contribution is 2.27. The van der Waals surface area contributed by atoms with Crippen LogP contribution in [0.3, 0.4) is 0 Å². The molecule has 1 N–H and O–H groups in total. The van der Waals surface area contributed by atoms with E-state index in [0.29, 0.717) is 5.25 Å². The quantitative estimate of drug-likeness (QED) is 0.761. The van der Waals surface area contributed by atoms with Crippen LogP contribution in [0, 0.1) is 5.92 Å². The molecule has 1 rings (SSSR count). The summed E-state index contributed by atoms with van der Waals surface area (Å²) in [5.74, 6) is 0.986. The molecule has 2 nitrogen and oxygen atoms in total. The van der Waals surface area contributed by atoms with E-state index in [4.69, 9.17) is 0 Å². The van der Waals surface area contributed by atoms with Gasteiger partial charge in [0.2, 0.25) is 0 Å². The van der Waals surface area contributed by atoms with Crippen LogP contribution in [0.5, 0.6) is 0 Å². The maximum atomic E-state index is 11.2. The van der Waals surface area contributed by atoms with Crippen LogP contribution in [0.15, 0.2) is 0 Å². The zero-order valence-corrected chi connectivity index (χ0v) is 12.5. The van der Waals surface area contributed by atoms with E-state index < -0.39 is 10.8 Å². The van der Waals surface area contributed by atoms with Crippen LogP contribution in [0.4, 0.5) is 0 Å². The Labute approximate surface area is 109 Å². The Morgan fingerprint density at radius 2 is 1.94 bits per heavy atom. The Morgan fingerprint density at radius 1 is 1.29 bits per heavy atom. The first kappa shape index (κ1) is 15.2. The van der Waals surface area contributed by atoms with Gasteiger partial charge < -0.3 is 5.32 Å². The first-order chi connectivity index (χ1) is 8.13. The topological polar surface area (TPSA) is 29.1 Å². The average Bonchev–Trinajstić information content (AvgIpc) is 2.31. The zero-order chi connectivity index (χ0) is 12.7. The fourth-order valence-corrected chi connectivity index (χ4v) is 3.17. The number of hydrogen-bond acceptors (Lipinski definition) is 2. The van der Waals surface area contributed by atoms with Gasteiger partial charge in [-0.2, -0.15) is 0 Å². The van der Waals surface area contributed by atoms with Crippen LogP contribution in [-0.2, 0) is 10.8 Å². The Balaban J connectivity index is 2.08. The lowest BCUT2D eigenvalue weighted by Gasteiger charge is -2.29. The van der Waals surface area contributed by atoms with Gasteiger partial charge in [0, 0.05) is 28.3 Å². The lowest BCUT2D eigenvalue weighted by Crippen LogP contribution is -2.35. The lowest BCUT2D eigenvalue weighted by molar-refractivity contribution is 0.278. The molecule has 1 saturated carbocycles. The Morgan fingerprint density at radius 3 is 2.47 bits per heavy atom. The minimum atomic E-state index is -0.665. The Hall–Kier alpha value is 0.110. The summed E-state index contributed by atoms with van der Waals surface area (Å²) in [4.78, 5) is 0. The molecule has 0 amide bonds. The molecular formula is C14H29NOS. The summed E-state index contributed by atoms with van der Waals surface area (Å²) < 4.78 is 11.2. The van der Waals surface area contributed by atoms with E-state index in [9.17, 15) is 4.21 Å². The normalized spacial score (nSPS) is 28.9. The molecule has 2 unspecified atom stereocenters. The lowest BCUT2D eigenvalue weighted by atomic mass is 9.83. The molecule has 0 saturated heterocycles. The summed E-state index contributed by atoms with van der Waals surface area (Å²) >= 11 is 0. The van der Waals surface area contributed by atoms with Gasteiger partial charge in [0.15, 0.2) is 0 Å². The van der Waals surface area contributed by atoms with Crippen molar-refractivity contribution >= 4 is 10.8 Å². The molecule has 0 aromatic carbocycles. The van der Waals surface area contributed by atoms with Gasteiger partial charge in [0.1, 0.15) is 0 Å². The summed E-state index contributed by atoms with van der Waals surface area (Å²) in [6.45, 7) is 5.40. The number of nitrogens with one attached hydrogen (secondary N) is 1. The van der Waals surface area contributed by atoms with Crippen LogP contribution < -0.4 is 5.32 Å². The van der Waals surface area contributed by atoms with Gasteiger partial charge in [-0.05, 0) is 44.6 Å². The maximum Gasteiger partial charge on any atom is 0.0329 e. The van der Waals surface area contributed by atoms with Gasteiger partial charge in [0.25, 0.3) is 0 Å². The predicted octanol–water partition coefficient (Wildman–Crippen LogP) is 3.09. The predicted molar refractivity (Wildman–Crippen MR) is 76.8 cm³/mol. The molecule has 0 aliphatic heterocycles. The van der Waals surface area contributed by atoms with Crippen molar-refractivity contribution in [3.63, 3.8) is 0 Å². The van der Waals surface area contributed by atoms with Crippen LogP contribution in [-0.4, -0.2) is 28.3 Å². The highest BCUT2D eigenvalue weighted by Gasteiger charge is 2.20. The van der Waals surface area contributed by atoms with Crippen molar-refractivity contribution in [1.82, 2.24) is 5.32 Å². The van der Waals surface area contributed by atoms with Crippen LogP contribution in [0.1, 0.15) is 58.8 Å². The van der Waals surface area contributed by atoms with Crippen molar-refractivity contribution < 1.29 is 4.21 Å². The number of rotatable bonds is 7. The van der Waals surface area contributed by atoms with E-state index in [-0.39, 0.29) is 0 Å². The van der Waals surface area contributed by atoms with Crippen LogP contribution in [0.25, 0.3) is 0 Å². The van der Waals surface area contributed by atoms with Crippen molar-refractivity contribution in [3.8, 4) is 0 Å². The zero-order valence-electron chi connectivity index (χ0n) is 11.7. The van der Waals surface area contributed by atoms with E-state index in [1.54, 1.807) is 6.26 Å². The average molecular weight is 259 g/mol. The molecular weight excluding hydrogens is 230 g/mol. The minimum Gasteiger partial charge on any atom is -0.314 e. The summed E-state index contributed by atoms with van der Waals surface area (Å²) in [5, 5.41) is 3.97. The maximum absolute atomic E-state index is 11.2. The SMILES string of the molecule is CCCC1CCC(NCCC(C)S(C)=O)CC1. The monoisotopic (exact) mass is 259 g/mol. The second-order valence-corrected chi connectivity index (χ2v) is 7.36.